The summed E-state index contributed by atoms with van der Waals surface area (Å²) in [6.07, 6.45) is 1.21. The first kappa shape index (κ1) is 17.4. The van der Waals surface area contributed by atoms with Crippen LogP contribution in [0.3, 0.4) is 0 Å². The number of phenols is 1. The topological polar surface area (TPSA) is 122 Å². The Morgan fingerprint density at radius 2 is 1.89 bits per heavy atom. The van der Waals surface area contributed by atoms with E-state index in [0.717, 1.165) is 0 Å². The third kappa shape index (κ3) is 2.69. The van der Waals surface area contributed by atoms with Crippen molar-refractivity contribution < 1.29 is 14.6 Å². The molecule has 0 saturated heterocycles. The number of ether oxygens (including phenoxy) is 2. The van der Waals surface area contributed by atoms with Crippen molar-refractivity contribution in [2.24, 2.45) is 5.10 Å². The number of methoxy groups -OCH3 is 2. The lowest BCUT2D eigenvalue weighted by atomic mass is 10.2. The van der Waals surface area contributed by atoms with Gasteiger partial charge in [-0.05, 0) is 24.3 Å². The van der Waals surface area contributed by atoms with Crippen LogP contribution in [0.1, 0.15) is 5.56 Å². The number of nitrogens with one attached hydrogen (secondary N) is 2. The number of fused-ring (bicyclic) bond motifs is 3. The van der Waals surface area contributed by atoms with Crippen molar-refractivity contribution in [2.45, 2.75) is 0 Å². The Balaban J connectivity index is 1.87. The van der Waals surface area contributed by atoms with Crippen LogP contribution in [-0.4, -0.2) is 40.2 Å². The van der Waals surface area contributed by atoms with Crippen molar-refractivity contribution in [1.82, 2.24) is 14.6 Å². The molecule has 0 aliphatic carbocycles. The van der Waals surface area contributed by atoms with Crippen molar-refractivity contribution >= 4 is 28.2 Å². The minimum atomic E-state index is -0.701. The third-order valence-corrected chi connectivity index (χ3v) is 4.40. The summed E-state index contributed by atoms with van der Waals surface area (Å²) in [6.45, 7) is 0. The SMILES string of the molecule is COc1ccc2c(c1)[nH]c1c(=O)n(/N=C/c3cccc(OC)c3O)c(=O)[nH]c12. The van der Waals surface area contributed by atoms with E-state index in [0.29, 0.717) is 32.4 Å². The molecule has 2 aromatic carbocycles. The van der Waals surface area contributed by atoms with Crippen molar-refractivity contribution in [3.8, 4) is 17.2 Å². The van der Waals surface area contributed by atoms with Gasteiger partial charge < -0.3 is 24.5 Å². The van der Waals surface area contributed by atoms with E-state index in [-0.39, 0.29) is 17.0 Å². The zero-order chi connectivity index (χ0) is 19.8. The van der Waals surface area contributed by atoms with Crippen LogP contribution in [-0.2, 0) is 0 Å². The first-order chi connectivity index (χ1) is 13.5. The van der Waals surface area contributed by atoms with Crippen molar-refractivity contribution in [1.29, 1.82) is 0 Å². The van der Waals surface area contributed by atoms with Crippen molar-refractivity contribution in [3.05, 3.63) is 62.8 Å². The maximum atomic E-state index is 12.8. The van der Waals surface area contributed by atoms with Gasteiger partial charge in [0.15, 0.2) is 11.5 Å². The monoisotopic (exact) mass is 380 g/mol. The normalized spacial score (nSPS) is 11.5. The molecular formula is C19H16N4O5. The van der Waals surface area contributed by atoms with Gasteiger partial charge in [0.05, 0.1) is 31.5 Å². The summed E-state index contributed by atoms with van der Waals surface area (Å²) in [5.41, 5.74) is 0.222. The molecule has 0 atom stereocenters. The van der Waals surface area contributed by atoms with E-state index in [1.54, 1.807) is 43.5 Å². The molecule has 0 amide bonds. The van der Waals surface area contributed by atoms with E-state index >= 15 is 0 Å². The highest BCUT2D eigenvalue weighted by Crippen LogP contribution is 2.28. The Labute approximate surface area is 157 Å². The second kappa shape index (κ2) is 6.62. The lowest BCUT2D eigenvalue weighted by Crippen LogP contribution is -2.32. The number of aromatic amines is 2. The minimum absolute atomic E-state index is 0.142. The van der Waals surface area contributed by atoms with Crippen molar-refractivity contribution in [3.63, 3.8) is 0 Å². The first-order valence-corrected chi connectivity index (χ1v) is 8.28. The van der Waals surface area contributed by atoms with Crippen LogP contribution in [0.2, 0.25) is 0 Å². The highest BCUT2D eigenvalue weighted by atomic mass is 16.5. The fraction of sp³-hybridized carbons (Fsp3) is 0.105. The molecule has 0 aliphatic heterocycles. The number of H-pyrrole nitrogens is 2. The summed E-state index contributed by atoms with van der Waals surface area (Å²) in [5, 5.41) is 14.7. The van der Waals surface area contributed by atoms with Gasteiger partial charge in [0, 0.05) is 17.0 Å². The molecule has 4 aromatic rings. The van der Waals surface area contributed by atoms with Crippen LogP contribution in [0.5, 0.6) is 17.2 Å². The predicted octanol–water partition coefficient (Wildman–Crippen LogP) is 1.78. The van der Waals surface area contributed by atoms with Crippen LogP contribution >= 0.6 is 0 Å². The fourth-order valence-electron chi connectivity index (χ4n) is 2.98. The van der Waals surface area contributed by atoms with E-state index < -0.39 is 11.2 Å². The summed E-state index contributed by atoms with van der Waals surface area (Å²) in [6, 6.07) is 10.0. The van der Waals surface area contributed by atoms with E-state index in [1.807, 2.05) is 0 Å². The molecule has 0 fully saturated rings. The number of aromatic hydroxyl groups is 1. The number of aromatic nitrogens is 3. The predicted molar refractivity (Wildman–Crippen MR) is 105 cm³/mol. The number of benzene rings is 2. The standard InChI is InChI=1S/C19H16N4O5/c1-27-11-6-7-12-13(8-11)21-16-15(12)22-19(26)23(18(16)25)20-9-10-4-3-5-14(28-2)17(10)24/h3-9,21,24H,1-2H3,(H,22,26)/b20-9+. The molecule has 2 heterocycles. The second-order valence-electron chi connectivity index (χ2n) is 5.98. The molecule has 0 aliphatic rings. The van der Waals surface area contributed by atoms with E-state index in [2.05, 4.69) is 15.1 Å². The van der Waals surface area contributed by atoms with E-state index in [4.69, 9.17) is 9.47 Å². The van der Waals surface area contributed by atoms with Gasteiger partial charge in [-0.3, -0.25) is 4.79 Å². The Kier molecular flexibility index (Phi) is 4.11. The molecule has 4 rings (SSSR count). The van der Waals surface area contributed by atoms with Crippen LogP contribution in [0, 0.1) is 0 Å². The quantitative estimate of drug-likeness (QED) is 0.466. The Morgan fingerprint density at radius 1 is 1.07 bits per heavy atom. The number of hydrogen-bond acceptors (Lipinski definition) is 6. The number of phenolic OH excluding ortho intramolecular Hbond substituents is 1. The molecule has 3 N–H and O–H groups in total. The Morgan fingerprint density at radius 3 is 2.64 bits per heavy atom. The largest absolute Gasteiger partial charge is 0.504 e. The molecule has 2 aromatic heterocycles. The summed E-state index contributed by atoms with van der Waals surface area (Å²) in [4.78, 5) is 30.9. The second-order valence-corrected chi connectivity index (χ2v) is 5.98. The maximum Gasteiger partial charge on any atom is 0.350 e. The van der Waals surface area contributed by atoms with Gasteiger partial charge in [0.2, 0.25) is 0 Å². The van der Waals surface area contributed by atoms with Crippen LogP contribution < -0.4 is 20.7 Å². The van der Waals surface area contributed by atoms with Gasteiger partial charge in [-0.25, -0.2) is 4.79 Å². The highest BCUT2D eigenvalue weighted by molar-refractivity contribution is 6.04. The molecule has 28 heavy (non-hydrogen) atoms. The molecule has 9 heteroatoms. The molecule has 0 bridgehead atoms. The summed E-state index contributed by atoms with van der Waals surface area (Å²) >= 11 is 0. The summed E-state index contributed by atoms with van der Waals surface area (Å²) < 4.78 is 10.9. The molecule has 0 radical (unpaired) electrons. The van der Waals surface area contributed by atoms with Crippen LogP contribution in [0.4, 0.5) is 0 Å². The van der Waals surface area contributed by atoms with Gasteiger partial charge in [-0.15, -0.1) is 4.68 Å². The first-order valence-electron chi connectivity index (χ1n) is 8.28. The molecular weight excluding hydrogens is 364 g/mol. The van der Waals surface area contributed by atoms with E-state index in [9.17, 15) is 14.7 Å². The number of hydrogen-bond donors (Lipinski definition) is 3. The zero-order valence-corrected chi connectivity index (χ0v) is 15.0. The third-order valence-electron chi connectivity index (χ3n) is 4.40. The molecule has 0 saturated carbocycles. The molecule has 0 unspecified atom stereocenters. The highest BCUT2D eigenvalue weighted by Gasteiger charge is 2.13. The molecule has 9 nitrogen and oxygen atoms in total. The van der Waals surface area contributed by atoms with Gasteiger partial charge >= 0.3 is 11.2 Å². The average molecular weight is 380 g/mol. The number of para-hydroxylation sites is 1. The lowest BCUT2D eigenvalue weighted by Gasteiger charge is -2.04. The minimum Gasteiger partial charge on any atom is -0.504 e. The number of nitrogens with zero attached hydrogens (tertiary/aromatic N) is 2. The average Bonchev–Trinajstić information content (AvgIpc) is 3.06. The van der Waals surface area contributed by atoms with Crippen molar-refractivity contribution in [2.75, 3.05) is 14.2 Å². The van der Waals surface area contributed by atoms with E-state index in [1.165, 1.54) is 13.3 Å². The fourth-order valence-corrected chi connectivity index (χ4v) is 2.98. The maximum absolute atomic E-state index is 12.8. The lowest BCUT2D eigenvalue weighted by molar-refractivity contribution is 0.373. The molecule has 0 spiro atoms. The van der Waals surface area contributed by atoms with Gasteiger partial charge in [0.1, 0.15) is 11.3 Å². The smallest absolute Gasteiger partial charge is 0.350 e. The zero-order valence-electron chi connectivity index (χ0n) is 15.0. The Hall–Kier alpha value is -4.01. The summed E-state index contributed by atoms with van der Waals surface area (Å²) in [7, 11) is 2.96. The summed E-state index contributed by atoms with van der Waals surface area (Å²) in [5.74, 6) is 0.732. The number of rotatable bonds is 4. The van der Waals surface area contributed by atoms with Gasteiger partial charge in [-0.1, -0.05) is 6.07 Å². The van der Waals surface area contributed by atoms with Crippen LogP contribution in [0.25, 0.3) is 21.9 Å². The van der Waals surface area contributed by atoms with Gasteiger partial charge in [-0.2, -0.15) is 5.10 Å². The molecule has 142 valence electrons. The Bertz CT molecular complexity index is 1350. The van der Waals surface area contributed by atoms with Gasteiger partial charge in [0.25, 0.3) is 0 Å². The van der Waals surface area contributed by atoms with Crippen LogP contribution in [0.15, 0.2) is 51.1 Å².